The van der Waals surface area contributed by atoms with Crippen molar-refractivity contribution in [1.29, 1.82) is 0 Å². The number of ether oxygens (including phenoxy) is 1. The second-order valence-electron chi connectivity index (χ2n) is 10.4. The molecule has 186 valence electrons. The molecule has 0 radical (unpaired) electrons. The number of esters is 1. The molecular weight excluding hydrogens is 382 g/mol. The third-order valence-corrected chi connectivity index (χ3v) is 6.56. The molecule has 0 aliphatic rings. The zero-order valence-corrected chi connectivity index (χ0v) is 22.0. The van der Waals surface area contributed by atoms with E-state index in [-0.39, 0.29) is 5.97 Å². The number of carbonyl (C=O) groups excluding carboxylic acids is 1. The van der Waals surface area contributed by atoms with Crippen LogP contribution in [0.5, 0.6) is 0 Å². The van der Waals surface area contributed by atoms with Crippen LogP contribution in [0.3, 0.4) is 0 Å². The van der Waals surface area contributed by atoms with Gasteiger partial charge >= 0.3 is 5.97 Å². The molecule has 0 bridgehead atoms. The molecule has 0 aliphatic carbocycles. The lowest BCUT2D eigenvalue weighted by atomic mass is 10.1. The van der Waals surface area contributed by atoms with E-state index >= 15 is 0 Å². The highest BCUT2D eigenvalue weighted by Crippen LogP contribution is 2.12. The molecule has 3 heteroatoms. The summed E-state index contributed by atoms with van der Waals surface area (Å²) in [6, 6.07) is 0. The largest absolute Gasteiger partial charge is 0.460 e. The van der Waals surface area contributed by atoms with Crippen molar-refractivity contribution in [3.63, 3.8) is 0 Å². The zero-order chi connectivity index (χ0) is 23.0. The summed E-state index contributed by atoms with van der Waals surface area (Å²) in [5.74, 6) is 0.00174. The number of unbranched alkanes of at least 4 members (excludes halogenated alkanes) is 17. The van der Waals surface area contributed by atoms with E-state index in [1.807, 2.05) is 0 Å². The highest BCUT2D eigenvalue weighted by Gasteiger charge is 2.15. The van der Waals surface area contributed by atoms with Crippen molar-refractivity contribution in [2.75, 3.05) is 33.8 Å². The van der Waals surface area contributed by atoms with Gasteiger partial charge in [0.05, 0.1) is 20.6 Å². The Kier molecular flexibility index (Phi) is 22.2. The number of hydrogen-bond donors (Lipinski definition) is 0. The van der Waals surface area contributed by atoms with Gasteiger partial charge in [-0.05, 0) is 19.3 Å². The van der Waals surface area contributed by atoms with Crippen molar-refractivity contribution in [1.82, 2.24) is 0 Å². The molecule has 3 nitrogen and oxygen atoms in total. The van der Waals surface area contributed by atoms with Crippen LogP contribution in [0.25, 0.3) is 0 Å². The zero-order valence-electron chi connectivity index (χ0n) is 22.0. The van der Waals surface area contributed by atoms with Crippen LogP contribution in [0.15, 0.2) is 0 Å². The second kappa shape index (κ2) is 22.6. The summed E-state index contributed by atoms with van der Waals surface area (Å²) >= 11 is 0. The summed E-state index contributed by atoms with van der Waals surface area (Å²) in [6.45, 7) is 7.23. The molecule has 0 fully saturated rings. The summed E-state index contributed by atoms with van der Waals surface area (Å²) in [5, 5.41) is 0. The molecule has 0 aromatic heterocycles. The van der Waals surface area contributed by atoms with Crippen LogP contribution in [0.4, 0.5) is 0 Å². The normalized spacial score (nSPS) is 11.7. The van der Waals surface area contributed by atoms with Crippen LogP contribution in [-0.4, -0.2) is 44.2 Å². The molecular formula is C28H58NO2+. The Morgan fingerprint density at radius 2 is 0.935 bits per heavy atom. The lowest BCUT2D eigenvalue weighted by Crippen LogP contribution is -2.43. The Hall–Kier alpha value is -0.570. The second-order valence-corrected chi connectivity index (χ2v) is 10.4. The summed E-state index contributed by atoms with van der Waals surface area (Å²) in [7, 11) is 4.53. The Morgan fingerprint density at radius 1 is 0.548 bits per heavy atom. The van der Waals surface area contributed by atoms with E-state index in [1.54, 1.807) is 0 Å². The highest BCUT2D eigenvalue weighted by atomic mass is 16.5. The van der Waals surface area contributed by atoms with Gasteiger partial charge in [0.2, 0.25) is 0 Å². The van der Waals surface area contributed by atoms with Crippen molar-refractivity contribution in [2.45, 2.75) is 142 Å². The first-order valence-corrected chi connectivity index (χ1v) is 14.0. The van der Waals surface area contributed by atoms with Crippen LogP contribution in [0.2, 0.25) is 0 Å². The monoisotopic (exact) mass is 440 g/mol. The first kappa shape index (κ1) is 30.4. The number of quaternary nitrogens is 1. The van der Waals surface area contributed by atoms with E-state index in [0.29, 0.717) is 13.0 Å². The minimum Gasteiger partial charge on any atom is -0.460 e. The number of rotatable bonds is 24. The van der Waals surface area contributed by atoms with Gasteiger partial charge in [-0.15, -0.1) is 0 Å². The van der Waals surface area contributed by atoms with Gasteiger partial charge in [-0.2, -0.15) is 0 Å². The first-order chi connectivity index (χ1) is 15.0. The fourth-order valence-corrected chi connectivity index (χ4v) is 4.20. The van der Waals surface area contributed by atoms with Gasteiger partial charge in [-0.3, -0.25) is 4.79 Å². The van der Waals surface area contributed by atoms with Gasteiger partial charge < -0.3 is 9.22 Å². The summed E-state index contributed by atoms with van der Waals surface area (Å²) < 4.78 is 6.46. The number of carbonyl (C=O) groups is 1. The van der Waals surface area contributed by atoms with Gasteiger partial charge in [0.15, 0.2) is 0 Å². The van der Waals surface area contributed by atoms with E-state index in [4.69, 9.17) is 4.74 Å². The maximum atomic E-state index is 12.0. The molecule has 0 unspecified atom stereocenters. The van der Waals surface area contributed by atoms with Crippen LogP contribution >= 0.6 is 0 Å². The molecule has 0 aromatic carbocycles. The molecule has 0 N–H and O–H groups in total. The minimum absolute atomic E-state index is 0.00174. The van der Waals surface area contributed by atoms with E-state index in [9.17, 15) is 4.79 Å². The maximum Gasteiger partial charge on any atom is 0.305 e. The predicted molar refractivity (Wildman–Crippen MR) is 136 cm³/mol. The molecule has 31 heavy (non-hydrogen) atoms. The number of nitrogens with zero attached hydrogens (tertiary/aromatic N) is 1. The third kappa shape index (κ3) is 23.9. The predicted octanol–water partition coefficient (Wildman–Crippen LogP) is 8.45. The minimum atomic E-state index is 0.00174. The molecule has 0 aromatic rings. The molecule has 0 aliphatic heterocycles. The molecule has 0 saturated carbocycles. The molecule has 0 amide bonds. The third-order valence-electron chi connectivity index (χ3n) is 6.56. The smallest absolute Gasteiger partial charge is 0.305 e. The lowest BCUT2D eigenvalue weighted by Gasteiger charge is -2.29. The Balaban J connectivity index is 3.46. The average Bonchev–Trinajstić information content (AvgIpc) is 2.73. The van der Waals surface area contributed by atoms with Crippen molar-refractivity contribution >= 4 is 5.97 Å². The van der Waals surface area contributed by atoms with Crippen molar-refractivity contribution in [3.8, 4) is 0 Å². The van der Waals surface area contributed by atoms with Crippen molar-refractivity contribution in [2.24, 2.45) is 0 Å². The SMILES string of the molecule is CCCCCCCCCCCC[N+](C)(C)CCOC(=O)CCCCCCCCCCC. The fourth-order valence-electron chi connectivity index (χ4n) is 4.20. The average molecular weight is 441 g/mol. The molecule has 0 spiro atoms. The van der Waals surface area contributed by atoms with Gasteiger partial charge in [0.1, 0.15) is 13.2 Å². The first-order valence-electron chi connectivity index (χ1n) is 14.0. The van der Waals surface area contributed by atoms with Gasteiger partial charge in [-0.25, -0.2) is 0 Å². The number of hydrogen-bond acceptors (Lipinski definition) is 2. The maximum absolute atomic E-state index is 12.0. The quantitative estimate of drug-likeness (QED) is 0.0854. The van der Waals surface area contributed by atoms with Crippen molar-refractivity contribution in [3.05, 3.63) is 0 Å². The molecule has 0 saturated heterocycles. The van der Waals surface area contributed by atoms with Crippen LogP contribution < -0.4 is 0 Å². The van der Waals surface area contributed by atoms with E-state index in [2.05, 4.69) is 27.9 Å². The molecule has 0 rings (SSSR count). The lowest BCUT2D eigenvalue weighted by molar-refractivity contribution is -0.890. The van der Waals surface area contributed by atoms with Crippen LogP contribution in [0, 0.1) is 0 Å². The van der Waals surface area contributed by atoms with Crippen molar-refractivity contribution < 1.29 is 14.0 Å². The highest BCUT2D eigenvalue weighted by molar-refractivity contribution is 5.69. The fraction of sp³-hybridized carbons (Fsp3) is 0.964. The standard InChI is InChI=1S/C28H58NO2/c1-5-7-9-11-13-15-17-19-21-23-25-29(3,4)26-27-31-28(30)24-22-20-18-16-14-12-10-8-6-2/h5-27H2,1-4H3/q+1. The van der Waals surface area contributed by atoms with Gasteiger partial charge in [0, 0.05) is 6.42 Å². The summed E-state index contributed by atoms with van der Waals surface area (Å²) in [6.07, 6.45) is 26.0. The van der Waals surface area contributed by atoms with E-state index in [0.717, 1.165) is 17.4 Å². The molecule has 0 atom stereocenters. The summed E-state index contributed by atoms with van der Waals surface area (Å²) in [4.78, 5) is 12.0. The molecule has 0 heterocycles. The summed E-state index contributed by atoms with van der Waals surface area (Å²) in [5.41, 5.74) is 0. The Morgan fingerprint density at radius 3 is 1.39 bits per heavy atom. The van der Waals surface area contributed by atoms with E-state index in [1.165, 1.54) is 122 Å². The van der Waals surface area contributed by atoms with Crippen LogP contribution in [-0.2, 0) is 9.53 Å². The van der Waals surface area contributed by atoms with Gasteiger partial charge in [-0.1, -0.05) is 117 Å². The topological polar surface area (TPSA) is 26.3 Å². The number of likely N-dealkylation sites (N-methyl/N-ethyl adjacent to an activating group) is 1. The Labute approximate surface area is 196 Å². The van der Waals surface area contributed by atoms with Gasteiger partial charge in [0.25, 0.3) is 0 Å². The Bertz CT molecular complexity index is 381. The van der Waals surface area contributed by atoms with Crippen LogP contribution in [0.1, 0.15) is 142 Å². The van der Waals surface area contributed by atoms with E-state index < -0.39 is 0 Å².